The summed E-state index contributed by atoms with van der Waals surface area (Å²) in [6, 6.07) is 20.5. The predicted molar refractivity (Wildman–Crippen MR) is 258 cm³/mol. The second kappa shape index (κ2) is 46.9. The third kappa shape index (κ3) is 45.4. The van der Waals surface area contributed by atoms with Crippen LogP contribution < -0.4 is 10.2 Å². The molecule has 0 spiro atoms. The molecule has 0 N–H and O–H groups in total. The van der Waals surface area contributed by atoms with Crippen molar-refractivity contribution in [3.63, 3.8) is 0 Å². The first-order valence-electron chi connectivity index (χ1n) is 25.1. The number of carboxylic acid groups (broad SMARTS) is 2. The molecule has 65 heavy (non-hydrogen) atoms. The third-order valence-electron chi connectivity index (χ3n) is 11.3. The van der Waals surface area contributed by atoms with Crippen LogP contribution in [0.1, 0.15) is 218 Å². The number of carboxylic acids is 2. The van der Waals surface area contributed by atoms with E-state index in [1.807, 2.05) is 36.4 Å². The van der Waals surface area contributed by atoms with E-state index < -0.39 is 11.9 Å². The maximum atomic E-state index is 11.4. The Bertz CT molecular complexity index is 1290. The maximum Gasteiger partial charge on any atom is 2.00 e. The molecule has 0 aliphatic rings. The fraction of sp³-hybridized carbons (Fsp3) is 0.704. The van der Waals surface area contributed by atoms with Crippen molar-refractivity contribution < 1.29 is 48.3 Å². The van der Waals surface area contributed by atoms with Gasteiger partial charge in [-0.2, -0.15) is 0 Å². The summed E-state index contributed by atoms with van der Waals surface area (Å²) in [7, 11) is 0. The number of unbranched alkanes of at least 4 members (excludes halogenated alkanes) is 20. The van der Waals surface area contributed by atoms with E-state index in [1.165, 1.54) is 63.5 Å². The molecule has 0 saturated heterocycles. The second-order valence-corrected chi connectivity index (χ2v) is 17.4. The van der Waals surface area contributed by atoms with Gasteiger partial charge in [0.1, 0.15) is 12.2 Å². The molecule has 0 aliphatic heterocycles. The average Bonchev–Trinajstić information content (AvgIpc) is 3.26. The molecule has 0 aromatic heterocycles. The standard InChI is InChI=1S/2C27H44O5.Ba/c2*1-24(28)32-26(19-13-6-3-2-4-8-15-21-27(29)30)20-14-7-5-9-16-22-31-23-25-17-11-10-12-18-25;/h2*10-12,17-18,26H,2-9,13-16,19-23H2,1H3,(H,29,30);/q;;+2/p-2. The van der Waals surface area contributed by atoms with Gasteiger partial charge in [0.2, 0.25) is 0 Å². The Morgan fingerprint density at radius 1 is 0.400 bits per heavy atom. The molecule has 364 valence electrons. The Kier molecular flexibility index (Phi) is 45.3. The van der Waals surface area contributed by atoms with Crippen molar-refractivity contribution in [1.29, 1.82) is 0 Å². The zero-order valence-electron chi connectivity index (χ0n) is 40.8. The number of hydrogen-bond acceptors (Lipinski definition) is 10. The van der Waals surface area contributed by atoms with Gasteiger partial charge in [0.05, 0.1) is 13.2 Å². The van der Waals surface area contributed by atoms with Crippen LogP contribution in [0.5, 0.6) is 0 Å². The van der Waals surface area contributed by atoms with E-state index in [2.05, 4.69) is 24.3 Å². The zero-order chi connectivity index (χ0) is 46.6. The fourth-order valence-corrected chi connectivity index (χ4v) is 7.79. The van der Waals surface area contributed by atoms with Gasteiger partial charge in [0.25, 0.3) is 0 Å². The van der Waals surface area contributed by atoms with E-state index in [-0.39, 0.29) is 85.9 Å². The van der Waals surface area contributed by atoms with Crippen LogP contribution in [0.15, 0.2) is 60.7 Å². The summed E-state index contributed by atoms with van der Waals surface area (Å²) in [4.78, 5) is 43.5. The van der Waals surface area contributed by atoms with Crippen molar-refractivity contribution in [2.45, 2.75) is 232 Å². The van der Waals surface area contributed by atoms with Crippen LogP contribution in [0.2, 0.25) is 0 Å². The van der Waals surface area contributed by atoms with Gasteiger partial charge in [0, 0.05) is 39.0 Å². The van der Waals surface area contributed by atoms with Crippen LogP contribution in [0, 0.1) is 0 Å². The van der Waals surface area contributed by atoms with Crippen LogP contribution in [0.4, 0.5) is 0 Å². The first kappa shape index (κ1) is 62.8. The first-order valence-corrected chi connectivity index (χ1v) is 25.1. The van der Waals surface area contributed by atoms with Gasteiger partial charge < -0.3 is 38.7 Å². The van der Waals surface area contributed by atoms with Crippen LogP contribution in [0.25, 0.3) is 0 Å². The summed E-state index contributed by atoms with van der Waals surface area (Å²) < 4.78 is 22.5. The largest absolute Gasteiger partial charge is 2.00 e. The molecule has 0 amide bonds. The normalized spacial score (nSPS) is 11.7. The van der Waals surface area contributed by atoms with Crippen molar-refractivity contribution in [1.82, 2.24) is 0 Å². The topological polar surface area (TPSA) is 151 Å². The molecule has 0 heterocycles. The third-order valence-corrected chi connectivity index (χ3v) is 11.3. The van der Waals surface area contributed by atoms with Gasteiger partial charge in [-0.1, -0.05) is 163 Å². The number of rotatable bonds is 42. The van der Waals surface area contributed by atoms with Crippen LogP contribution >= 0.6 is 0 Å². The van der Waals surface area contributed by atoms with E-state index in [0.29, 0.717) is 13.2 Å². The minimum atomic E-state index is -0.950. The molecule has 11 heteroatoms. The Balaban J connectivity index is 0.00000124. The van der Waals surface area contributed by atoms with Gasteiger partial charge in [-0.15, -0.1) is 0 Å². The molecule has 2 rings (SSSR count). The molecule has 0 radical (unpaired) electrons. The average molecular weight is 1030 g/mol. The number of benzene rings is 2. The van der Waals surface area contributed by atoms with Gasteiger partial charge >= 0.3 is 60.8 Å². The Labute approximate surface area is 434 Å². The Morgan fingerprint density at radius 2 is 0.662 bits per heavy atom. The van der Waals surface area contributed by atoms with Gasteiger partial charge in [-0.25, -0.2) is 0 Å². The summed E-state index contributed by atoms with van der Waals surface area (Å²) >= 11 is 0. The molecule has 2 aromatic carbocycles. The van der Waals surface area contributed by atoms with E-state index in [0.717, 1.165) is 154 Å². The van der Waals surface area contributed by atoms with E-state index in [1.54, 1.807) is 0 Å². The van der Waals surface area contributed by atoms with Crippen LogP contribution in [-0.2, 0) is 51.3 Å². The number of hydrogen-bond donors (Lipinski definition) is 0. The molecule has 2 atom stereocenters. The molecule has 0 fully saturated rings. The monoisotopic (exact) mass is 1030 g/mol. The van der Waals surface area contributed by atoms with Crippen molar-refractivity contribution in [3.05, 3.63) is 71.8 Å². The maximum absolute atomic E-state index is 11.4. The zero-order valence-corrected chi connectivity index (χ0v) is 45.2. The molecular formula is C54H86BaO10. The summed E-state index contributed by atoms with van der Waals surface area (Å²) in [6.45, 7) is 5.98. The summed E-state index contributed by atoms with van der Waals surface area (Å²) in [5.41, 5.74) is 2.44. The number of ether oxygens (including phenoxy) is 4. The second-order valence-electron chi connectivity index (χ2n) is 17.4. The molecule has 10 nitrogen and oxygen atoms in total. The first-order chi connectivity index (χ1) is 31.2. The molecule has 2 aromatic rings. The summed E-state index contributed by atoms with van der Waals surface area (Å²) in [5.74, 6) is -2.26. The van der Waals surface area contributed by atoms with Crippen molar-refractivity contribution >= 4 is 72.8 Å². The Hall–Kier alpha value is -2.19. The quantitative estimate of drug-likeness (QED) is 0.0357. The van der Waals surface area contributed by atoms with Crippen LogP contribution in [-0.4, -0.2) is 98.2 Å². The number of carbonyl (C=O) groups excluding carboxylic acids is 4. The molecule has 0 saturated carbocycles. The van der Waals surface area contributed by atoms with Crippen molar-refractivity contribution in [2.75, 3.05) is 13.2 Å². The fourth-order valence-electron chi connectivity index (χ4n) is 7.79. The molecule has 0 aliphatic carbocycles. The van der Waals surface area contributed by atoms with E-state index >= 15 is 0 Å². The van der Waals surface area contributed by atoms with Crippen LogP contribution in [0.3, 0.4) is 0 Å². The Morgan fingerprint density at radius 3 is 0.938 bits per heavy atom. The van der Waals surface area contributed by atoms with E-state index in [9.17, 15) is 29.4 Å². The number of esters is 2. The molecule has 2 unspecified atom stereocenters. The van der Waals surface area contributed by atoms with E-state index in [4.69, 9.17) is 18.9 Å². The van der Waals surface area contributed by atoms with Crippen molar-refractivity contribution in [3.8, 4) is 0 Å². The van der Waals surface area contributed by atoms with Gasteiger partial charge in [-0.3, -0.25) is 9.59 Å². The van der Waals surface area contributed by atoms with Crippen molar-refractivity contribution in [2.24, 2.45) is 0 Å². The SMILES string of the molecule is CC(=O)OC(CCCCCCCCCC(=O)[O-])CCCCCCCOCc1ccccc1.CC(=O)OC(CCCCCCCCCC(=O)[O-])CCCCCCCOCc1ccccc1.[Ba+2]. The predicted octanol–water partition coefficient (Wildman–Crippen LogP) is 11.1. The summed E-state index contributed by atoms with van der Waals surface area (Å²) in [6.07, 6.45) is 30.2. The number of aliphatic carboxylic acids is 2. The molecular weight excluding hydrogens is 946 g/mol. The minimum Gasteiger partial charge on any atom is -0.550 e. The minimum absolute atomic E-state index is 0. The number of carbonyl (C=O) groups is 4. The van der Waals surface area contributed by atoms with Gasteiger partial charge in [-0.05, 0) is 101 Å². The summed E-state index contributed by atoms with van der Waals surface area (Å²) in [5, 5.41) is 20.7. The van der Waals surface area contributed by atoms with Gasteiger partial charge in [0.15, 0.2) is 0 Å². The smallest absolute Gasteiger partial charge is 0.550 e. The molecule has 0 bridgehead atoms.